The van der Waals surface area contributed by atoms with Crippen LogP contribution in [-0.4, -0.2) is 38.1 Å². The third kappa shape index (κ3) is 5.94. The monoisotopic (exact) mass is 348 g/mol. The third-order valence-corrected chi connectivity index (χ3v) is 5.06. The largest absolute Gasteiger partial charge is 0.322 e. The Bertz CT molecular complexity index is 621. The molecule has 1 aromatic carbocycles. The van der Waals surface area contributed by atoms with E-state index >= 15 is 0 Å². The van der Waals surface area contributed by atoms with Crippen molar-refractivity contribution in [1.82, 2.24) is 4.72 Å². The van der Waals surface area contributed by atoms with Gasteiger partial charge in [-0.15, -0.1) is 0 Å². The quantitative estimate of drug-likeness (QED) is 0.755. The molecule has 2 N–H and O–H groups in total. The molecule has 22 heavy (non-hydrogen) atoms. The summed E-state index contributed by atoms with van der Waals surface area (Å²) in [6.45, 7) is 3.27. The van der Waals surface area contributed by atoms with Gasteiger partial charge >= 0.3 is 0 Å². The number of thioether (sulfide) groups is 1. The summed E-state index contributed by atoms with van der Waals surface area (Å²) in [6, 6.07) is 3.44. The number of amides is 1. The van der Waals surface area contributed by atoms with Crippen molar-refractivity contribution in [2.45, 2.75) is 26.3 Å². The second kappa shape index (κ2) is 8.50. The Kier molecular flexibility index (Phi) is 7.31. The van der Waals surface area contributed by atoms with Gasteiger partial charge in [-0.1, -0.05) is 6.07 Å². The lowest BCUT2D eigenvalue weighted by Crippen LogP contribution is -2.44. The van der Waals surface area contributed by atoms with Gasteiger partial charge in [0.25, 0.3) is 0 Å². The first-order valence-corrected chi connectivity index (χ1v) is 9.89. The van der Waals surface area contributed by atoms with E-state index in [2.05, 4.69) is 10.0 Å². The van der Waals surface area contributed by atoms with Crippen LogP contribution in [0.5, 0.6) is 0 Å². The molecular weight excluding hydrogens is 327 g/mol. The molecule has 1 amide bonds. The molecule has 0 bridgehead atoms. The summed E-state index contributed by atoms with van der Waals surface area (Å²) in [7, 11) is -3.52. The number of benzene rings is 1. The van der Waals surface area contributed by atoms with Gasteiger partial charge in [0.05, 0.1) is 11.4 Å². The van der Waals surface area contributed by atoms with E-state index in [1.54, 1.807) is 13.0 Å². The zero-order chi connectivity index (χ0) is 16.8. The molecule has 0 aliphatic rings. The molecule has 0 heterocycles. The Morgan fingerprint density at radius 3 is 2.68 bits per heavy atom. The minimum atomic E-state index is -3.52. The Labute approximate surface area is 135 Å². The smallest absolute Gasteiger partial charge is 0.242 e. The summed E-state index contributed by atoms with van der Waals surface area (Å²) < 4.78 is 39.4. The van der Waals surface area contributed by atoms with Crippen molar-refractivity contribution in [3.8, 4) is 0 Å². The van der Waals surface area contributed by atoms with E-state index < -0.39 is 27.8 Å². The molecule has 0 saturated carbocycles. The Morgan fingerprint density at radius 2 is 2.09 bits per heavy atom. The molecule has 0 aliphatic heterocycles. The van der Waals surface area contributed by atoms with Gasteiger partial charge in [0.15, 0.2) is 0 Å². The summed E-state index contributed by atoms with van der Waals surface area (Å²) in [4.78, 5) is 12.3. The van der Waals surface area contributed by atoms with Crippen molar-refractivity contribution in [2.75, 3.05) is 23.1 Å². The lowest BCUT2D eigenvalue weighted by atomic mass is 10.2. The predicted octanol–water partition coefficient (Wildman–Crippen LogP) is 2.13. The Balaban J connectivity index is 2.89. The van der Waals surface area contributed by atoms with Crippen LogP contribution in [0.3, 0.4) is 0 Å². The lowest BCUT2D eigenvalue weighted by molar-refractivity contribution is -0.117. The van der Waals surface area contributed by atoms with Gasteiger partial charge in [0.1, 0.15) is 11.9 Å². The molecule has 5 nitrogen and oxygen atoms in total. The number of anilines is 1. The van der Waals surface area contributed by atoms with Gasteiger partial charge < -0.3 is 5.32 Å². The van der Waals surface area contributed by atoms with Crippen LogP contribution in [0.2, 0.25) is 0 Å². The normalized spacial score (nSPS) is 12.9. The number of carbonyl (C=O) groups excluding carboxylic acids is 1. The Hall–Kier alpha value is -1.12. The average Bonchev–Trinajstić information content (AvgIpc) is 2.47. The SMILES string of the molecule is CCS(=O)(=O)NC(CCSC)C(=O)Nc1cc(C)ccc1F. The van der Waals surface area contributed by atoms with Gasteiger partial charge in [-0.3, -0.25) is 4.79 Å². The van der Waals surface area contributed by atoms with E-state index in [-0.39, 0.29) is 11.4 Å². The maximum absolute atomic E-state index is 13.7. The summed E-state index contributed by atoms with van der Waals surface area (Å²) in [6.07, 6.45) is 2.20. The van der Waals surface area contributed by atoms with Crippen LogP contribution in [0.4, 0.5) is 10.1 Å². The predicted molar refractivity (Wildman–Crippen MR) is 89.2 cm³/mol. The second-order valence-electron chi connectivity index (χ2n) is 4.83. The molecule has 0 fully saturated rings. The molecule has 1 rings (SSSR count). The molecule has 0 saturated heterocycles. The standard InChI is InChI=1S/C14H21FN2O3S2/c1-4-22(19,20)17-12(7-8-21-3)14(18)16-13-9-10(2)5-6-11(13)15/h5-6,9,12,17H,4,7-8H2,1-3H3,(H,16,18). The number of sulfonamides is 1. The molecular formula is C14H21FN2O3S2. The molecule has 124 valence electrons. The topological polar surface area (TPSA) is 75.3 Å². The molecule has 1 atom stereocenters. The summed E-state index contributed by atoms with van der Waals surface area (Å²) in [5.41, 5.74) is 0.848. The van der Waals surface area contributed by atoms with Crippen LogP contribution in [0, 0.1) is 12.7 Å². The minimum absolute atomic E-state index is 0.0508. The van der Waals surface area contributed by atoms with E-state index in [9.17, 15) is 17.6 Å². The molecule has 0 radical (unpaired) electrons. The molecule has 0 aromatic heterocycles. The highest BCUT2D eigenvalue weighted by molar-refractivity contribution is 7.98. The number of halogens is 1. The first-order chi connectivity index (χ1) is 10.3. The maximum atomic E-state index is 13.7. The van der Waals surface area contributed by atoms with Crippen molar-refractivity contribution >= 4 is 33.4 Å². The van der Waals surface area contributed by atoms with E-state index in [1.165, 1.54) is 30.8 Å². The zero-order valence-corrected chi connectivity index (χ0v) is 14.5. The number of aryl methyl sites for hydroxylation is 1. The third-order valence-electron chi connectivity index (χ3n) is 3.01. The number of carbonyl (C=O) groups is 1. The fraction of sp³-hybridized carbons (Fsp3) is 0.500. The van der Waals surface area contributed by atoms with Crippen LogP contribution >= 0.6 is 11.8 Å². The first kappa shape index (κ1) is 18.9. The molecule has 0 spiro atoms. The van der Waals surface area contributed by atoms with E-state index in [1.807, 2.05) is 6.26 Å². The van der Waals surface area contributed by atoms with Crippen molar-refractivity contribution in [3.63, 3.8) is 0 Å². The van der Waals surface area contributed by atoms with Crippen molar-refractivity contribution < 1.29 is 17.6 Å². The number of hydrogen-bond donors (Lipinski definition) is 2. The van der Waals surface area contributed by atoms with Crippen molar-refractivity contribution in [2.24, 2.45) is 0 Å². The van der Waals surface area contributed by atoms with Gasteiger partial charge in [-0.2, -0.15) is 11.8 Å². The number of hydrogen-bond acceptors (Lipinski definition) is 4. The highest BCUT2D eigenvalue weighted by atomic mass is 32.2. The van der Waals surface area contributed by atoms with Crippen molar-refractivity contribution in [1.29, 1.82) is 0 Å². The Morgan fingerprint density at radius 1 is 1.41 bits per heavy atom. The first-order valence-electron chi connectivity index (χ1n) is 6.85. The summed E-state index contributed by atoms with van der Waals surface area (Å²) in [5, 5.41) is 2.46. The van der Waals surface area contributed by atoms with Crippen LogP contribution < -0.4 is 10.0 Å². The number of nitrogens with one attached hydrogen (secondary N) is 2. The van der Waals surface area contributed by atoms with Crippen molar-refractivity contribution in [3.05, 3.63) is 29.6 Å². The lowest BCUT2D eigenvalue weighted by Gasteiger charge is -2.18. The second-order valence-corrected chi connectivity index (χ2v) is 7.86. The van der Waals surface area contributed by atoms with Gasteiger partial charge in [-0.25, -0.2) is 17.5 Å². The highest BCUT2D eigenvalue weighted by Crippen LogP contribution is 2.16. The highest BCUT2D eigenvalue weighted by Gasteiger charge is 2.23. The summed E-state index contributed by atoms with van der Waals surface area (Å²) in [5.74, 6) is -0.619. The fourth-order valence-corrected chi connectivity index (χ4v) is 3.03. The zero-order valence-electron chi connectivity index (χ0n) is 12.8. The molecule has 0 aliphatic carbocycles. The molecule has 1 unspecified atom stereocenters. The van der Waals surface area contributed by atoms with Gasteiger partial charge in [0, 0.05) is 0 Å². The molecule has 8 heteroatoms. The van der Waals surface area contributed by atoms with Gasteiger partial charge in [-0.05, 0) is 50.0 Å². The van der Waals surface area contributed by atoms with Crippen LogP contribution in [-0.2, 0) is 14.8 Å². The number of rotatable bonds is 8. The van der Waals surface area contributed by atoms with Gasteiger partial charge in [0.2, 0.25) is 15.9 Å². The van der Waals surface area contributed by atoms with E-state index in [4.69, 9.17) is 0 Å². The average molecular weight is 348 g/mol. The molecule has 1 aromatic rings. The van der Waals surface area contributed by atoms with E-state index in [0.29, 0.717) is 12.2 Å². The van der Waals surface area contributed by atoms with E-state index in [0.717, 1.165) is 5.56 Å². The maximum Gasteiger partial charge on any atom is 0.242 e. The minimum Gasteiger partial charge on any atom is -0.322 e. The van der Waals surface area contributed by atoms with Crippen LogP contribution in [0.1, 0.15) is 18.9 Å². The fourth-order valence-electron chi connectivity index (χ4n) is 1.73. The van der Waals surface area contributed by atoms with Crippen LogP contribution in [0.25, 0.3) is 0 Å². The van der Waals surface area contributed by atoms with Crippen LogP contribution in [0.15, 0.2) is 18.2 Å². The summed E-state index contributed by atoms with van der Waals surface area (Å²) >= 11 is 1.50.